The van der Waals surface area contributed by atoms with Crippen LogP contribution in [-0.2, 0) is 6.54 Å². The number of primary amides is 1. The number of amides is 1. The Kier molecular flexibility index (Phi) is 7.31. The van der Waals surface area contributed by atoms with E-state index in [0.717, 1.165) is 31.2 Å². The van der Waals surface area contributed by atoms with Crippen molar-refractivity contribution in [2.75, 3.05) is 19.6 Å². The van der Waals surface area contributed by atoms with Crippen LogP contribution in [0.1, 0.15) is 43.1 Å². The van der Waals surface area contributed by atoms with Gasteiger partial charge in [-0.25, -0.2) is 4.99 Å². The van der Waals surface area contributed by atoms with Crippen LogP contribution < -0.4 is 11.1 Å². The summed E-state index contributed by atoms with van der Waals surface area (Å²) in [5.74, 6) is 0.539. The van der Waals surface area contributed by atoms with Crippen molar-refractivity contribution in [2.24, 2.45) is 16.1 Å². The van der Waals surface area contributed by atoms with Gasteiger partial charge in [0.25, 0.3) is 0 Å². The fourth-order valence-electron chi connectivity index (χ4n) is 2.71. The molecule has 6 heteroatoms. The van der Waals surface area contributed by atoms with Crippen LogP contribution in [0.4, 0.5) is 0 Å². The molecule has 1 aromatic rings. The zero-order valence-electron chi connectivity index (χ0n) is 14.1. The molecule has 0 spiro atoms. The zero-order chi connectivity index (χ0) is 16.2. The summed E-state index contributed by atoms with van der Waals surface area (Å²) in [6, 6.07) is 7.34. The van der Waals surface area contributed by atoms with Gasteiger partial charge in [0.15, 0.2) is 5.96 Å². The highest BCUT2D eigenvalue weighted by atomic mass is 127. The predicted molar refractivity (Wildman–Crippen MR) is 105 cm³/mol. The van der Waals surface area contributed by atoms with E-state index in [1.165, 1.54) is 6.42 Å². The number of carbonyl (C=O) groups excluding carboxylic acids is 1. The van der Waals surface area contributed by atoms with Crippen LogP contribution in [0, 0.1) is 5.41 Å². The largest absolute Gasteiger partial charge is 0.366 e. The van der Waals surface area contributed by atoms with Crippen molar-refractivity contribution in [3.05, 3.63) is 35.4 Å². The van der Waals surface area contributed by atoms with Crippen molar-refractivity contribution in [1.82, 2.24) is 10.2 Å². The van der Waals surface area contributed by atoms with Gasteiger partial charge in [-0.3, -0.25) is 4.79 Å². The van der Waals surface area contributed by atoms with E-state index in [9.17, 15) is 4.79 Å². The number of hydrogen-bond donors (Lipinski definition) is 2. The van der Waals surface area contributed by atoms with Crippen molar-refractivity contribution in [3.63, 3.8) is 0 Å². The minimum absolute atomic E-state index is 0. The number of rotatable bonds is 4. The maximum absolute atomic E-state index is 11.2. The molecular formula is C17H27IN4O. The molecule has 128 valence electrons. The summed E-state index contributed by atoms with van der Waals surface area (Å²) < 4.78 is 0. The van der Waals surface area contributed by atoms with Crippen LogP contribution in [0.15, 0.2) is 29.3 Å². The number of benzene rings is 1. The Bertz CT molecular complexity index is 571. The average molecular weight is 430 g/mol. The smallest absolute Gasteiger partial charge is 0.248 e. The molecule has 1 aromatic carbocycles. The second-order valence-electron chi connectivity index (χ2n) is 6.57. The third-order valence-corrected chi connectivity index (χ3v) is 3.93. The molecule has 2 rings (SSSR count). The number of nitrogens with one attached hydrogen (secondary N) is 1. The summed E-state index contributed by atoms with van der Waals surface area (Å²) in [4.78, 5) is 18.3. The highest BCUT2D eigenvalue weighted by molar-refractivity contribution is 14.0. The third kappa shape index (κ3) is 5.67. The molecule has 1 aliphatic heterocycles. The third-order valence-electron chi connectivity index (χ3n) is 3.93. The Morgan fingerprint density at radius 3 is 2.74 bits per heavy atom. The van der Waals surface area contributed by atoms with Gasteiger partial charge in [-0.1, -0.05) is 26.0 Å². The molecule has 23 heavy (non-hydrogen) atoms. The Morgan fingerprint density at radius 1 is 1.43 bits per heavy atom. The molecule has 1 saturated heterocycles. The van der Waals surface area contributed by atoms with E-state index < -0.39 is 5.91 Å². The van der Waals surface area contributed by atoms with Crippen molar-refractivity contribution in [1.29, 1.82) is 0 Å². The number of likely N-dealkylation sites (tertiary alicyclic amines) is 1. The fourth-order valence-corrected chi connectivity index (χ4v) is 2.71. The van der Waals surface area contributed by atoms with Crippen LogP contribution in [-0.4, -0.2) is 36.4 Å². The summed E-state index contributed by atoms with van der Waals surface area (Å²) >= 11 is 0. The SMILES string of the molecule is CCNC(=NCc1cccc(C(N)=O)c1)N1CCC(C)(C)C1.I. The lowest BCUT2D eigenvalue weighted by atomic mass is 9.93. The van der Waals surface area contributed by atoms with Crippen LogP contribution in [0.3, 0.4) is 0 Å². The first-order chi connectivity index (χ1) is 10.4. The van der Waals surface area contributed by atoms with E-state index in [4.69, 9.17) is 10.7 Å². The lowest BCUT2D eigenvalue weighted by Gasteiger charge is -2.23. The maximum atomic E-state index is 11.2. The van der Waals surface area contributed by atoms with Crippen molar-refractivity contribution in [2.45, 2.75) is 33.7 Å². The molecule has 3 N–H and O–H groups in total. The number of hydrogen-bond acceptors (Lipinski definition) is 2. The predicted octanol–water partition coefficient (Wildman–Crippen LogP) is 2.60. The second-order valence-corrected chi connectivity index (χ2v) is 6.57. The number of guanidine groups is 1. The summed E-state index contributed by atoms with van der Waals surface area (Å²) in [6.07, 6.45) is 1.18. The van der Waals surface area contributed by atoms with Gasteiger partial charge in [-0.2, -0.15) is 0 Å². The second kappa shape index (κ2) is 8.52. The quantitative estimate of drug-likeness (QED) is 0.438. The van der Waals surface area contributed by atoms with Gasteiger partial charge in [-0.15, -0.1) is 24.0 Å². The molecule has 5 nitrogen and oxygen atoms in total. The van der Waals surface area contributed by atoms with Crippen LogP contribution in [0.5, 0.6) is 0 Å². The molecule has 0 radical (unpaired) electrons. The number of aliphatic imine (C=N–C) groups is 1. The minimum atomic E-state index is -0.404. The highest BCUT2D eigenvalue weighted by Crippen LogP contribution is 2.28. The lowest BCUT2D eigenvalue weighted by Crippen LogP contribution is -2.40. The molecule has 0 aliphatic carbocycles. The molecule has 0 aromatic heterocycles. The van der Waals surface area contributed by atoms with Gasteiger partial charge in [0.05, 0.1) is 6.54 Å². The lowest BCUT2D eigenvalue weighted by molar-refractivity contribution is 0.1000. The van der Waals surface area contributed by atoms with Crippen LogP contribution >= 0.6 is 24.0 Å². The number of nitrogens with zero attached hydrogens (tertiary/aromatic N) is 2. The van der Waals surface area contributed by atoms with Gasteiger partial charge >= 0.3 is 0 Å². The van der Waals surface area contributed by atoms with E-state index in [1.54, 1.807) is 6.07 Å². The first kappa shape index (κ1) is 19.7. The van der Waals surface area contributed by atoms with Gasteiger partial charge in [0.1, 0.15) is 0 Å². The van der Waals surface area contributed by atoms with Crippen LogP contribution in [0.2, 0.25) is 0 Å². The Labute approximate surface area is 155 Å². The summed E-state index contributed by atoms with van der Waals surface area (Å²) in [7, 11) is 0. The highest BCUT2D eigenvalue weighted by Gasteiger charge is 2.30. The average Bonchev–Trinajstić information content (AvgIpc) is 2.84. The molecular weight excluding hydrogens is 403 g/mol. The van der Waals surface area contributed by atoms with Crippen LogP contribution in [0.25, 0.3) is 0 Å². The standard InChI is InChI=1S/C17H26N4O.HI/c1-4-19-16(21-9-8-17(2,3)12-21)20-11-13-6-5-7-14(10-13)15(18)22;/h5-7,10H,4,8-9,11-12H2,1-3H3,(H2,18,22)(H,19,20);1H. The maximum Gasteiger partial charge on any atom is 0.248 e. The Morgan fingerprint density at radius 2 is 2.17 bits per heavy atom. The molecule has 1 heterocycles. The normalized spacial score (nSPS) is 16.8. The summed E-state index contributed by atoms with van der Waals surface area (Å²) in [5.41, 5.74) is 7.17. The molecule has 0 saturated carbocycles. The van der Waals surface area contributed by atoms with E-state index >= 15 is 0 Å². The Balaban J connectivity index is 0.00000264. The molecule has 1 amide bonds. The van der Waals surface area contributed by atoms with E-state index in [0.29, 0.717) is 17.5 Å². The summed E-state index contributed by atoms with van der Waals surface area (Å²) in [5, 5.41) is 3.35. The van der Waals surface area contributed by atoms with Gasteiger partial charge in [0.2, 0.25) is 5.91 Å². The van der Waals surface area contributed by atoms with E-state index in [-0.39, 0.29) is 24.0 Å². The van der Waals surface area contributed by atoms with E-state index in [1.807, 2.05) is 18.2 Å². The number of carbonyl (C=O) groups is 1. The Hall–Kier alpha value is -1.31. The van der Waals surface area contributed by atoms with Gasteiger partial charge in [-0.05, 0) is 36.5 Å². The zero-order valence-corrected chi connectivity index (χ0v) is 16.5. The van der Waals surface area contributed by atoms with Crippen molar-refractivity contribution >= 4 is 35.8 Å². The van der Waals surface area contributed by atoms with Gasteiger partial charge < -0.3 is 16.0 Å². The van der Waals surface area contributed by atoms with Crippen molar-refractivity contribution in [3.8, 4) is 0 Å². The molecule has 1 fully saturated rings. The molecule has 0 bridgehead atoms. The fraction of sp³-hybridized carbons (Fsp3) is 0.529. The van der Waals surface area contributed by atoms with E-state index in [2.05, 4.69) is 31.0 Å². The minimum Gasteiger partial charge on any atom is -0.366 e. The molecule has 1 aliphatic rings. The summed E-state index contributed by atoms with van der Waals surface area (Å²) in [6.45, 7) is 10.1. The first-order valence-electron chi connectivity index (χ1n) is 7.83. The number of nitrogens with two attached hydrogens (primary N) is 1. The topological polar surface area (TPSA) is 70.7 Å². The monoisotopic (exact) mass is 430 g/mol. The van der Waals surface area contributed by atoms with Crippen molar-refractivity contribution < 1.29 is 4.79 Å². The molecule has 0 atom stereocenters. The van der Waals surface area contributed by atoms with Gasteiger partial charge in [0, 0.05) is 25.2 Å². The first-order valence-corrected chi connectivity index (χ1v) is 7.83. The number of halogens is 1. The molecule has 0 unspecified atom stereocenters.